The first-order valence-corrected chi connectivity index (χ1v) is 8.05. The van der Waals surface area contributed by atoms with Crippen LogP contribution in [0.2, 0.25) is 0 Å². The number of aromatic nitrogens is 4. The minimum atomic E-state index is -0.408. The van der Waals surface area contributed by atoms with Crippen LogP contribution in [-0.2, 0) is 0 Å². The van der Waals surface area contributed by atoms with Gasteiger partial charge in [-0.3, -0.25) is 10.1 Å². The molecule has 4 rings (SSSR count). The van der Waals surface area contributed by atoms with E-state index in [9.17, 15) is 4.79 Å². The first kappa shape index (κ1) is 16.5. The summed E-state index contributed by atoms with van der Waals surface area (Å²) in [5.41, 5.74) is 7.58. The monoisotopic (exact) mass is 361 g/mol. The summed E-state index contributed by atoms with van der Waals surface area (Å²) in [6, 6.07) is 10.6. The van der Waals surface area contributed by atoms with Gasteiger partial charge in [0, 0.05) is 11.6 Å². The predicted octanol–water partition coefficient (Wildman–Crippen LogP) is 2.09. The summed E-state index contributed by atoms with van der Waals surface area (Å²) in [5.74, 6) is 0.942. The third kappa shape index (κ3) is 3.52. The Morgan fingerprint density at radius 2 is 2.15 bits per heavy atom. The van der Waals surface area contributed by atoms with Gasteiger partial charge >= 0.3 is 0 Å². The van der Waals surface area contributed by atoms with Crippen molar-refractivity contribution in [2.24, 2.45) is 10.7 Å². The molecule has 134 valence electrons. The molecule has 0 saturated heterocycles. The number of hydrogen-bond acceptors (Lipinski definition) is 6. The van der Waals surface area contributed by atoms with Crippen molar-refractivity contribution in [2.75, 3.05) is 0 Å². The van der Waals surface area contributed by atoms with E-state index < -0.39 is 5.91 Å². The van der Waals surface area contributed by atoms with Crippen LogP contribution in [0.1, 0.15) is 16.1 Å². The molecule has 0 spiro atoms. The summed E-state index contributed by atoms with van der Waals surface area (Å²) < 4.78 is 7.01. The highest BCUT2D eigenvalue weighted by atomic mass is 16.3. The van der Waals surface area contributed by atoms with Crippen LogP contribution in [-0.4, -0.2) is 31.6 Å². The lowest BCUT2D eigenvalue weighted by atomic mass is 10.2. The summed E-state index contributed by atoms with van der Waals surface area (Å²) in [4.78, 5) is 24.5. The summed E-state index contributed by atoms with van der Waals surface area (Å²) in [7, 11) is 0. The molecule has 9 heteroatoms. The molecule has 0 fully saturated rings. The number of rotatable bonds is 3. The van der Waals surface area contributed by atoms with Crippen LogP contribution in [0.15, 0.2) is 64.7 Å². The van der Waals surface area contributed by atoms with E-state index in [4.69, 9.17) is 10.2 Å². The van der Waals surface area contributed by atoms with E-state index >= 15 is 0 Å². The number of nitrogens with zero attached hydrogens (tertiary/aromatic N) is 5. The number of benzene rings is 1. The van der Waals surface area contributed by atoms with E-state index in [1.54, 1.807) is 18.2 Å². The zero-order valence-corrected chi connectivity index (χ0v) is 14.3. The third-order valence-electron chi connectivity index (χ3n) is 3.78. The lowest BCUT2D eigenvalue weighted by molar-refractivity contribution is 0.0976. The van der Waals surface area contributed by atoms with Gasteiger partial charge in [-0.05, 0) is 43.3 Å². The zero-order valence-electron chi connectivity index (χ0n) is 14.3. The molecular formula is C18H15N7O2. The molecule has 3 heterocycles. The number of aliphatic imine (C=N–C) groups is 1. The second-order valence-corrected chi connectivity index (χ2v) is 5.78. The molecule has 0 atom stereocenters. The van der Waals surface area contributed by atoms with Gasteiger partial charge in [0.05, 0.1) is 11.3 Å². The molecule has 9 nitrogen and oxygen atoms in total. The van der Waals surface area contributed by atoms with E-state index in [1.807, 2.05) is 25.1 Å². The van der Waals surface area contributed by atoms with Gasteiger partial charge in [-0.1, -0.05) is 0 Å². The minimum absolute atomic E-state index is 0.0140. The van der Waals surface area contributed by atoms with E-state index in [1.165, 1.54) is 23.5 Å². The molecule has 0 aliphatic carbocycles. The normalized spacial score (nSPS) is 11.7. The smallest absolute Gasteiger partial charge is 0.259 e. The van der Waals surface area contributed by atoms with Crippen LogP contribution in [0.3, 0.4) is 0 Å². The molecule has 1 amide bonds. The number of pyridine rings is 1. The van der Waals surface area contributed by atoms with Gasteiger partial charge in [-0.15, -0.1) is 0 Å². The van der Waals surface area contributed by atoms with Crippen LogP contribution in [0, 0.1) is 6.92 Å². The van der Waals surface area contributed by atoms with Gasteiger partial charge in [0.1, 0.15) is 24.0 Å². The van der Waals surface area contributed by atoms with E-state index in [0.29, 0.717) is 17.1 Å². The van der Waals surface area contributed by atoms with Crippen molar-refractivity contribution in [3.8, 4) is 5.82 Å². The fraction of sp³-hybridized carbons (Fsp3) is 0.0556. The summed E-state index contributed by atoms with van der Waals surface area (Å²) >= 11 is 0. The maximum atomic E-state index is 12.3. The van der Waals surface area contributed by atoms with Crippen molar-refractivity contribution in [3.63, 3.8) is 0 Å². The number of amides is 1. The van der Waals surface area contributed by atoms with E-state index in [-0.39, 0.29) is 5.96 Å². The van der Waals surface area contributed by atoms with Gasteiger partial charge in [0.15, 0.2) is 5.82 Å². The van der Waals surface area contributed by atoms with E-state index in [0.717, 1.165) is 16.7 Å². The van der Waals surface area contributed by atoms with Gasteiger partial charge in [0.2, 0.25) is 5.96 Å². The van der Waals surface area contributed by atoms with Gasteiger partial charge < -0.3 is 10.2 Å². The van der Waals surface area contributed by atoms with E-state index in [2.05, 4.69) is 25.4 Å². The minimum Gasteiger partial charge on any atom is -0.461 e. The zero-order chi connectivity index (χ0) is 18.8. The molecule has 0 bridgehead atoms. The van der Waals surface area contributed by atoms with Crippen LogP contribution in [0.4, 0.5) is 5.69 Å². The van der Waals surface area contributed by atoms with Crippen molar-refractivity contribution >= 4 is 28.5 Å². The first-order valence-electron chi connectivity index (χ1n) is 8.05. The average molecular weight is 361 g/mol. The van der Waals surface area contributed by atoms with Gasteiger partial charge in [0.25, 0.3) is 5.91 Å². The fourth-order valence-corrected chi connectivity index (χ4v) is 2.57. The number of carbonyl (C=O) groups excluding carboxylic acids is 1. The number of nitrogens with two attached hydrogens (primary N) is 1. The molecule has 0 saturated carbocycles. The van der Waals surface area contributed by atoms with Crippen molar-refractivity contribution in [2.45, 2.75) is 6.92 Å². The number of aryl methyl sites for hydroxylation is 1. The molecule has 0 radical (unpaired) electrons. The van der Waals surface area contributed by atoms with Crippen LogP contribution in [0.5, 0.6) is 0 Å². The average Bonchev–Trinajstić information content (AvgIpc) is 3.30. The molecule has 3 aromatic heterocycles. The molecule has 0 aliphatic rings. The Labute approximate surface area is 153 Å². The second-order valence-electron chi connectivity index (χ2n) is 5.78. The highest BCUT2D eigenvalue weighted by Crippen LogP contribution is 2.24. The molecule has 1 aromatic carbocycles. The summed E-state index contributed by atoms with van der Waals surface area (Å²) in [6.07, 6.45) is 4.35. The second kappa shape index (κ2) is 6.71. The van der Waals surface area contributed by atoms with Gasteiger partial charge in [-0.25, -0.2) is 19.6 Å². The number of guanidine groups is 1. The predicted molar refractivity (Wildman–Crippen MR) is 98.9 cm³/mol. The molecule has 3 N–H and O–H groups in total. The third-order valence-corrected chi connectivity index (χ3v) is 3.78. The fourth-order valence-electron chi connectivity index (χ4n) is 2.57. The number of nitrogens with one attached hydrogen (secondary N) is 1. The Balaban J connectivity index is 1.48. The highest BCUT2D eigenvalue weighted by Gasteiger charge is 2.09. The Morgan fingerprint density at radius 1 is 1.26 bits per heavy atom. The Hall–Kier alpha value is -4.01. The Morgan fingerprint density at radius 3 is 2.89 bits per heavy atom. The largest absolute Gasteiger partial charge is 0.461 e. The molecule has 0 aliphatic heterocycles. The molecule has 27 heavy (non-hydrogen) atoms. The lowest BCUT2D eigenvalue weighted by Gasteiger charge is -2.05. The standard InChI is InChI=1S/C18H15N7O2/c1-11-6-13-7-14(3-4-15(13)27-11)23-18(19)24-17(26)12-2-5-16(21-8-12)25-10-20-9-22-25/h2-10H,1H3,(H3,19,23,24,26). The van der Waals surface area contributed by atoms with Crippen molar-refractivity contribution in [1.82, 2.24) is 25.1 Å². The van der Waals surface area contributed by atoms with Crippen molar-refractivity contribution in [3.05, 3.63) is 66.6 Å². The number of carbonyl (C=O) groups is 1. The maximum absolute atomic E-state index is 12.3. The number of hydrogen-bond donors (Lipinski definition) is 2. The Kier molecular flexibility index (Phi) is 4.09. The molecule has 4 aromatic rings. The molecular weight excluding hydrogens is 346 g/mol. The first-order chi connectivity index (χ1) is 13.1. The van der Waals surface area contributed by atoms with Crippen molar-refractivity contribution in [1.29, 1.82) is 0 Å². The SMILES string of the molecule is Cc1cc2cc(N=C(N)NC(=O)c3ccc(-n4cncn4)nc3)ccc2o1. The quantitative estimate of drug-likeness (QED) is 0.425. The van der Waals surface area contributed by atoms with Crippen LogP contribution < -0.4 is 11.1 Å². The van der Waals surface area contributed by atoms with Crippen molar-refractivity contribution < 1.29 is 9.21 Å². The number of furan rings is 1. The van der Waals surface area contributed by atoms with Gasteiger partial charge in [-0.2, -0.15) is 5.10 Å². The van der Waals surface area contributed by atoms with Crippen LogP contribution in [0.25, 0.3) is 16.8 Å². The highest BCUT2D eigenvalue weighted by molar-refractivity contribution is 6.05. The lowest BCUT2D eigenvalue weighted by Crippen LogP contribution is -2.36. The summed E-state index contributed by atoms with van der Waals surface area (Å²) in [5, 5.41) is 7.44. The summed E-state index contributed by atoms with van der Waals surface area (Å²) in [6.45, 7) is 1.87. The maximum Gasteiger partial charge on any atom is 0.259 e. The topological polar surface area (TPSA) is 124 Å². The number of fused-ring (bicyclic) bond motifs is 1. The van der Waals surface area contributed by atoms with Crippen LogP contribution >= 0.6 is 0 Å². The molecule has 0 unspecified atom stereocenters. The Bertz CT molecular complexity index is 1130.